The molecule has 0 N–H and O–H groups in total. The fraction of sp³-hybridized carbons (Fsp3) is 0.269. The minimum Gasteiger partial charge on any atom is -0.467 e. The van der Waals surface area contributed by atoms with E-state index >= 15 is 0 Å². The van der Waals surface area contributed by atoms with Gasteiger partial charge in [0, 0.05) is 37.4 Å². The second-order valence-corrected chi connectivity index (χ2v) is 9.42. The summed E-state index contributed by atoms with van der Waals surface area (Å²) in [6.45, 7) is 5.22. The van der Waals surface area contributed by atoms with Crippen molar-refractivity contribution in [1.29, 1.82) is 0 Å². The smallest absolute Gasteiger partial charge is 0.233 e. The highest BCUT2D eigenvalue weighted by Gasteiger charge is 2.23. The second-order valence-electron chi connectivity index (χ2n) is 8.47. The van der Waals surface area contributed by atoms with Gasteiger partial charge in [0.1, 0.15) is 11.6 Å². The number of hydrogen-bond donors (Lipinski definition) is 0. The number of benzene rings is 2. The molecule has 1 fully saturated rings. The molecule has 2 aromatic carbocycles. The standard InChI is InChI=1S/C26H26FN5O2S/c1-19-4-2-5-20(16-19)25-28-29-26(32(25)17-23-6-3-15-34-23)35-18-24(33)31-13-11-30(12-14-31)22-9-7-21(27)8-10-22/h2-10,15-16H,11-14,17-18H2,1H3. The van der Waals surface area contributed by atoms with Crippen LogP contribution in [-0.2, 0) is 11.3 Å². The molecule has 0 radical (unpaired) electrons. The molecule has 1 amide bonds. The second kappa shape index (κ2) is 10.4. The van der Waals surface area contributed by atoms with Gasteiger partial charge in [-0.15, -0.1) is 10.2 Å². The summed E-state index contributed by atoms with van der Waals surface area (Å²) < 4.78 is 20.8. The van der Waals surface area contributed by atoms with Crippen LogP contribution >= 0.6 is 11.8 Å². The molecule has 3 heterocycles. The van der Waals surface area contributed by atoms with E-state index in [1.807, 2.05) is 46.7 Å². The van der Waals surface area contributed by atoms with Gasteiger partial charge in [-0.3, -0.25) is 9.36 Å². The first-order chi connectivity index (χ1) is 17.1. The van der Waals surface area contributed by atoms with E-state index in [9.17, 15) is 9.18 Å². The number of nitrogens with zero attached hydrogens (tertiary/aromatic N) is 5. The lowest BCUT2D eigenvalue weighted by Crippen LogP contribution is -2.49. The molecule has 0 spiro atoms. The first-order valence-electron chi connectivity index (χ1n) is 11.5. The Morgan fingerprint density at radius 3 is 2.54 bits per heavy atom. The number of aryl methyl sites for hydroxylation is 1. The third-order valence-electron chi connectivity index (χ3n) is 6.04. The van der Waals surface area contributed by atoms with Gasteiger partial charge in [-0.25, -0.2) is 4.39 Å². The predicted octanol–water partition coefficient (Wildman–Crippen LogP) is 4.47. The summed E-state index contributed by atoms with van der Waals surface area (Å²) >= 11 is 1.39. The molecule has 9 heteroatoms. The summed E-state index contributed by atoms with van der Waals surface area (Å²) in [5.74, 6) is 1.64. The van der Waals surface area contributed by atoms with Gasteiger partial charge in [-0.05, 0) is 49.4 Å². The van der Waals surface area contributed by atoms with Crippen LogP contribution in [0.2, 0.25) is 0 Å². The number of carbonyl (C=O) groups excluding carboxylic acids is 1. The van der Waals surface area contributed by atoms with Crippen molar-refractivity contribution >= 4 is 23.4 Å². The van der Waals surface area contributed by atoms with E-state index in [1.54, 1.807) is 18.4 Å². The van der Waals surface area contributed by atoms with Gasteiger partial charge in [0.25, 0.3) is 0 Å². The van der Waals surface area contributed by atoms with Crippen molar-refractivity contribution in [2.24, 2.45) is 0 Å². The number of carbonyl (C=O) groups is 1. The van der Waals surface area contributed by atoms with Crippen molar-refractivity contribution in [3.8, 4) is 11.4 Å². The van der Waals surface area contributed by atoms with Crippen LogP contribution in [0, 0.1) is 12.7 Å². The van der Waals surface area contributed by atoms with Gasteiger partial charge in [0.2, 0.25) is 5.91 Å². The normalized spacial score (nSPS) is 13.9. The molecule has 1 aliphatic heterocycles. The van der Waals surface area contributed by atoms with Crippen molar-refractivity contribution in [3.63, 3.8) is 0 Å². The molecular weight excluding hydrogens is 465 g/mol. The Morgan fingerprint density at radius 1 is 1.03 bits per heavy atom. The zero-order chi connectivity index (χ0) is 24.2. The van der Waals surface area contributed by atoms with Crippen molar-refractivity contribution in [2.45, 2.75) is 18.6 Å². The molecule has 7 nitrogen and oxygen atoms in total. The Labute approximate surface area is 207 Å². The molecule has 0 saturated carbocycles. The molecule has 1 aliphatic rings. The Hall–Kier alpha value is -3.59. The largest absolute Gasteiger partial charge is 0.467 e. The Bertz CT molecular complexity index is 1280. The zero-order valence-electron chi connectivity index (χ0n) is 19.4. The first-order valence-corrected chi connectivity index (χ1v) is 12.5. The first kappa shape index (κ1) is 23.2. The van der Waals surface area contributed by atoms with Crippen molar-refractivity contribution in [1.82, 2.24) is 19.7 Å². The third-order valence-corrected chi connectivity index (χ3v) is 6.99. The summed E-state index contributed by atoms with van der Waals surface area (Å²) in [5, 5.41) is 9.52. The van der Waals surface area contributed by atoms with Gasteiger partial charge >= 0.3 is 0 Å². The number of thioether (sulfide) groups is 1. The number of hydrogen-bond acceptors (Lipinski definition) is 6. The van der Waals surface area contributed by atoms with Gasteiger partial charge in [-0.2, -0.15) is 0 Å². The lowest BCUT2D eigenvalue weighted by molar-refractivity contribution is -0.128. The molecule has 2 aromatic heterocycles. The van der Waals surface area contributed by atoms with Crippen LogP contribution in [0.3, 0.4) is 0 Å². The summed E-state index contributed by atoms with van der Waals surface area (Å²) in [6.07, 6.45) is 1.65. The Balaban J connectivity index is 1.25. The van der Waals surface area contributed by atoms with E-state index < -0.39 is 0 Å². The average Bonchev–Trinajstić information content (AvgIpc) is 3.53. The molecule has 180 valence electrons. The number of piperazine rings is 1. The van der Waals surface area contributed by atoms with E-state index in [4.69, 9.17) is 4.42 Å². The lowest BCUT2D eigenvalue weighted by Gasteiger charge is -2.36. The fourth-order valence-electron chi connectivity index (χ4n) is 4.18. The van der Waals surface area contributed by atoms with Crippen molar-refractivity contribution in [3.05, 3.63) is 84.1 Å². The van der Waals surface area contributed by atoms with E-state index in [-0.39, 0.29) is 17.5 Å². The van der Waals surface area contributed by atoms with E-state index in [1.165, 1.54) is 23.9 Å². The maximum absolute atomic E-state index is 13.2. The molecule has 5 rings (SSSR count). The summed E-state index contributed by atoms with van der Waals surface area (Å²) in [6, 6.07) is 18.4. The molecule has 0 unspecified atom stereocenters. The summed E-state index contributed by atoms with van der Waals surface area (Å²) in [4.78, 5) is 17.0. The minimum atomic E-state index is -0.245. The van der Waals surface area contributed by atoms with Crippen LogP contribution in [0.4, 0.5) is 10.1 Å². The van der Waals surface area contributed by atoms with Crippen LogP contribution < -0.4 is 4.90 Å². The van der Waals surface area contributed by atoms with E-state index in [0.717, 1.165) is 28.4 Å². The van der Waals surface area contributed by atoms with Crippen LogP contribution in [0.1, 0.15) is 11.3 Å². The molecule has 0 bridgehead atoms. The van der Waals surface area contributed by atoms with Crippen LogP contribution in [0.5, 0.6) is 0 Å². The molecular formula is C26H26FN5O2S. The molecule has 0 atom stereocenters. The van der Waals surface area contributed by atoms with Gasteiger partial charge < -0.3 is 14.2 Å². The number of anilines is 1. The van der Waals surface area contributed by atoms with E-state index in [0.29, 0.717) is 37.9 Å². The van der Waals surface area contributed by atoms with E-state index in [2.05, 4.69) is 21.2 Å². The van der Waals surface area contributed by atoms with Crippen molar-refractivity contribution < 1.29 is 13.6 Å². The number of amides is 1. The SMILES string of the molecule is Cc1cccc(-c2nnc(SCC(=O)N3CCN(c4ccc(F)cc4)CC3)n2Cc2ccco2)c1. The lowest BCUT2D eigenvalue weighted by atomic mass is 10.1. The quantitative estimate of drug-likeness (QED) is 0.355. The predicted molar refractivity (Wildman–Crippen MR) is 134 cm³/mol. The maximum Gasteiger partial charge on any atom is 0.233 e. The third kappa shape index (κ3) is 5.40. The van der Waals surface area contributed by atoms with Gasteiger partial charge in [-0.1, -0.05) is 35.5 Å². The number of halogens is 1. The summed E-state index contributed by atoms with van der Waals surface area (Å²) in [5.41, 5.74) is 3.08. The molecule has 0 aliphatic carbocycles. The van der Waals surface area contributed by atoms with Gasteiger partial charge in [0.05, 0.1) is 18.6 Å². The van der Waals surface area contributed by atoms with Crippen LogP contribution in [-0.4, -0.2) is 57.5 Å². The highest BCUT2D eigenvalue weighted by molar-refractivity contribution is 7.99. The summed E-state index contributed by atoms with van der Waals surface area (Å²) in [7, 11) is 0. The number of aromatic nitrogens is 3. The number of furan rings is 1. The monoisotopic (exact) mass is 491 g/mol. The Kier molecular flexibility index (Phi) is 6.85. The van der Waals surface area contributed by atoms with Crippen molar-refractivity contribution in [2.75, 3.05) is 36.8 Å². The topological polar surface area (TPSA) is 67.4 Å². The highest BCUT2D eigenvalue weighted by atomic mass is 32.2. The van der Waals surface area contributed by atoms with Gasteiger partial charge in [0.15, 0.2) is 11.0 Å². The average molecular weight is 492 g/mol. The molecule has 1 saturated heterocycles. The zero-order valence-corrected chi connectivity index (χ0v) is 20.2. The van der Waals surface area contributed by atoms with Crippen LogP contribution in [0.25, 0.3) is 11.4 Å². The molecule has 35 heavy (non-hydrogen) atoms. The Morgan fingerprint density at radius 2 is 1.83 bits per heavy atom. The fourth-order valence-corrected chi connectivity index (χ4v) is 5.02. The minimum absolute atomic E-state index is 0.0680. The molecule has 4 aromatic rings. The number of rotatable bonds is 7. The maximum atomic E-state index is 13.2. The van der Waals surface area contributed by atoms with Crippen LogP contribution in [0.15, 0.2) is 76.5 Å². The highest BCUT2D eigenvalue weighted by Crippen LogP contribution is 2.26.